The van der Waals surface area contributed by atoms with Crippen molar-refractivity contribution in [1.82, 2.24) is 10.1 Å². The largest absolute Gasteiger partial charge is 0.361 e. The predicted octanol–water partition coefficient (Wildman–Crippen LogP) is 2.41. The van der Waals surface area contributed by atoms with Crippen LogP contribution >= 0.6 is 0 Å². The SMILES string of the molecule is CCN(CC)C(=O)c1cccc(NC(=O)C(C)S(=O)(=O)Cc2cc(C)on2)c1. The van der Waals surface area contributed by atoms with Gasteiger partial charge in [0.1, 0.15) is 11.0 Å². The number of aromatic nitrogens is 1. The molecule has 2 rings (SSSR count). The van der Waals surface area contributed by atoms with E-state index in [0.29, 0.717) is 30.1 Å². The van der Waals surface area contributed by atoms with Crippen LogP contribution in [0.4, 0.5) is 5.69 Å². The minimum absolute atomic E-state index is 0.150. The highest BCUT2D eigenvalue weighted by Crippen LogP contribution is 2.16. The van der Waals surface area contributed by atoms with E-state index in [2.05, 4.69) is 10.5 Å². The lowest BCUT2D eigenvalue weighted by Crippen LogP contribution is -2.33. The third kappa shape index (κ3) is 5.19. The molecule has 1 aromatic carbocycles. The molecule has 0 bridgehead atoms. The summed E-state index contributed by atoms with van der Waals surface area (Å²) in [6.45, 7) is 7.89. The van der Waals surface area contributed by atoms with Crippen LogP contribution in [0.25, 0.3) is 0 Å². The quantitative estimate of drug-likeness (QED) is 0.720. The van der Waals surface area contributed by atoms with Crippen molar-refractivity contribution in [2.24, 2.45) is 0 Å². The predicted molar refractivity (Wildman–Crippen MR) is 106 cm³/mol. The second-order valence-corrected chi connectivity index (χ2v) is 8.75. The Bertz CT molecular complexity index is 948. The maximum atomic E-state index is 12.5. The zero-order valence-corrected chi connectivity index (χ0v) is 17.2. The number of hydrogen-bond donors (Lipinski definition) is 1. The van der Waals surface area contributed by atoms with Crippen molar-refractivity contribution in [3.05, 3.63) is 47.3 Å². The molecule has 1 unspecified atom stereocenters. The van der Waals surface area contributed by atoms with E-state index in [-0.39, 0.29) is 17.4 Å². The lowest BCUT2D eigenvalue weighted by molar-refractivity contribution is -0.115. The first-order valence-corrected chi connectivity index (χ1v) is 10.7. The van der Waals surface area contributed by atoms with Crippen molar-refractivity contribution < 1.29 is 22.5 Å². The first-order chi connectivity index (χ1) is 13.2. The fourth-order valence-electron chi connectivity index (χ4n) is 2.65. The first-order valence-electron chi connectivity index (χ1n) is 9.01. The van der Waals surface area contributed by atoms with Crippen LogP contribution in [0.5, 0.6) is 0 Å². The van der Waals surface area contributed by atoms with Crippen molar-refractivity contribution in [2.75, 3.05) is 18.4 Å². The second-order valence-electron chi connectivity index (χ2n) is 6.43. The number of hydrogen-bond acceptors (Lipinski definition) is 6. The van der Waals surface area contributed by atoms with Gasteiger partial charge in [0.05, 0.1) is 11.4 Å². The summed E-state index contributed by atoms with van der Waals surface area (Å²) in [6, 6.07) is 7.97. The van der Waals surface area contributed by atoms with Gasteiger partial charge in [-0.25, -0.2) is 8.42 Å². The Hall–Kier alpha value is -2.68. The molecule has 1 N–H and O–H groups in total. The Morgan fingerprint density at radius 2 is 1.89 bits per heavy atom. The topological polar surface area (TPSA) is 110 Å². The molecule has 1 aromatic heterocycles. The highest BCUT2D eigenvalue weighted by molar-refractivity contribution is 7.92. The summed E-state index contributed by atoms with van der Waals surface area (Å²) in [5, 5.41) is 4.95. The smallest absolute Gasteiger partial charge is 0.253 e. The van der Waals surface area contributed by atoms with E-state index in [4.69, 9.17) is 4.52 Å². The van der Waals surface area contributed by atoms with Gasteiger partial charge in [0, 0.05) is 30.4 Å². The van der Waals surface area contributed by atoms with Crippen LogP contribution in [0, 0.1) is 6.92 Å². The first kappa shape index (κ1) is 21.6. The monoisotopic (exact) mass is 407 g/mol. The van der Waals surface area contributed by atoms with Crippen LogP contribution in [-0.4, -0.2) is 48.6 Å². The lowest BCUT2D eigenvalue weighted by Gasteiger charge is -2.19. The molecule has 0 aliphatic carbocycles. The fraction of sp³-hybridized carbons (Fsp3) is 0.421. The van der Waals surface area contributed by atoms with Gasteiger partial charge in [-0.1, -0.05) is 11.2 Å². The Morgan fingerprint density at radius 1 is 1.21 bits per heavy atom. The molecular formula is C19H25N3O5S. The minimum Gasteiger partial charge on any atom is -0.361 e. The standard InChI is InChI=1S/C19H25N3O5S/c1-5-22(6-2)19(24)15-8-7-9-16(11-15)20-18(23)14(4)28(25,26)12-17-10-13(3)27-21-17/h7-11,14H,5-6,12H2,1-4H3,(H,20,23). The van der Waals surface area contributed by atoms with Crippen molar-refractivity contribution in [1.29, 1.82) is 0 Å². The van der Waals surface area contributed by atoms with Crippen LogP contribution < -0.4 is 5.32 Å². The Morgan fingerprint density at radius 3 is 2.46 bits per heavy atom. The summed E-state index contributed by atoms with van der Waals surface area (Å²) in [5.41, 5.74) is 1.04. The number of rotatable bonds is 8. The highest BCUT2D eigenvalue weighted by atomic mass is 32.2. The van der Waals surface area contributed by atoms with Crippen molar-refractivity contribution >= 4 is 27.3 Å². The number of aryl methyl sites for hydroxylation is 1. The molecule has 1 atom stereocenters. The average Bonchev–Trinajstić information content (AvgIpc) is 3.06. The van der Waals surface area contributed by atoms with E-state index in [0.717, 1.165) is 0 Å². The van der Waals surface area contributed by atoms with Gasteiger partial charge in [-0.05, 0) is 45.9 Å². The van der Waals surface area contributed by atoms with E-state index in [9.17, 15) is 18.0 Å². The molecule has 152 valence electrons. The molecule has 0 aliphatic heterocycles. The maximum absolute atomic E-state index is 12.5. The number of carbonyl (C=O) groups excluding carboxylic acids is 2. The zero-order chi connectivity index (χ0) is 20.9. The molecular weight excluding hydrogens is 382 g/mol. The lowest BCUT2D eigenvalue weighted by atomic mass is 10.1. The zero-order valence-electron chi connectivity index (χ0n) is 16.4. The van der Waals surface area contributed by atoms with Crippen molar-refractivity contribution in [3.63, 3.8) is 0 Å². The molecule has 0 aliphatic rings. The summed E-state index contributed by atoms with van der Waals surface area (Å²) < 4.78 is 29.8. The van der Waals surface area contributed by atoms with E-state index in [1.165, 1.54) is 13.0 Å². The van der Waals surface area contributed by atoms with Crippen LogP contribution in [-0.2, 0) is 20.4 Å². The Balaban J connectivity index is 2.11. The number of nitrogens with zero attached hydrogens (tertiary/aromatic N) is 2. The van der Waals surface area contributed by atoms with Gasteiger partial charge in [-0.2, -0.15) is 0 Å². The molecule has 0 saturated carbocycles. The summed E-state index contributed by atoms with van der Waals surface area (Å²) in [4.78, 5) is 26.6. The summed E-state index contributed by atoms with van der Waals surface area (Å²) in [5.74, 6) is -0.716. The number of nitrogens with one attached hydrogen (secondary N) is 1. The molecule has 2 amide bonds. The van der Waals surface area contributed by atoms with Gasteiger partial charge in [0.2, 0.25) is 5.91 Å². The van der Waals surface area contributed by atoms with Crippen LogP contribution in [0.3, 0.4) is 0 Å². The molecule has 0 spiro atoms. The average molecular weight is 407 g/mol. The molecule has 9 heteroatoms. The number of anilines is 1. The van der Waals surface area contributed by atoms with E-state index < -0.39 is 21.0 Å². The van der Waals surface area contributed by atoms with Gasteiger partial charge in [0.25, 0.3) is 5.91 Å². The van der Waals surface area contributed by atoms with Crippen molar-refractivity contribution in [3.8, 4) is 0 Å². The van der Waals surface area contributed by atoms with E-state index >= 15 is 0 Å². The minimum atomic E-state index is -3.78. The summed E-state index contributed by atoms with van der Waals surface area (Å²) in [7, 11) is -3.78. The fourth-order valence-corrected chi connectivity index (χ4v) is 3.83. The normalized spacial score (nSPS) is 12.4. The molecule has 8 nitrogen and oxygen atoms in total. The number of amides is 2. The highest BCUT2D eigenvalue weighted by Gasteiger charge is 2.29. The Kier molecular flexibility index (Phi) is 6.95. The third-order valence-electron chi connectivity index (χ3n) is 4.36. The molecule has 2 aromatic rings. The van der Waals surface area contributed by atoms with E-state index in [1.54, 1.807) is 36.1 Å². The van der Waals surface area contributed by atoms with Crippen LogP contribution in [0.2, 0.25) is 0 Å². The molecule has 1 heterocycles. The second kappa shape index (κ2) is 9.01. The number of sulfone groups is 1. The molecule has 0 fully saturated rings. The van der Waals surface area contributed by atoms with Gasteiger partial charge >= 0.3 is 0 Å². The number of benzene rings is 1. The van der Waals surface area contributed by atoms with Gasteiger partial charge in [-0.15, -0.1) is 0 Å². The number of carbonyl (C=O) groups is 2. The third-order valence-corrected chi connectivity index (χ3v) is 6.35. The maximum Gasteiger partial charge on any atom is 0.253 e. The van der Waals surface area contributed by atoms with Crippen LogP contribution in [0.15, 0.2) is 34.9 Å². The van der Waals surface area contributed by atoms with Crippen LogP contribution in [0.1, 0.15) is 42.6 Å². The molecule has 28 heavy (non-hydrogen) atoms. The van der Waals surface area contributed by atoms with Crippen molar-refractivity contribution in [2.45, 2.75) is 38.7 Å². The van der Waals surface area contributed by atoms with E-state index in [1.807, 2.05) is 13.8 Å². The summed E-state index contributed by atoms with van der Waals surface area (Å²) in [6.07, 6.45) is 0. The summed E-state index contributed by atoms with van der Waals surface area (Å²) >= 11 is 0. The van der Waals surface area contributed by atoms with Gasteiger partial charge < -0.3 is 14.7 Å². The molecule has 0 radical (unpaired) electrons. The Labute approximate surface area is 164 Å². The van der Waals surface area contributed by atoms with Gasteiger partial charge in [0.15, 0.2) is 9.84 Å². The molecule has 0 saturated heterocycles. The van der Waals surface area contributed by atoms with Gasteiger partial charge in [-0.3, -0.25) is 9.59 Å².